The van der Waals surface area contributed by atoms with Crippen molar-refractivity contribution in [3.63, 3.8) is 0 Å². The summed E-state index contributed by atoms with van der Waals surface area (Å²) in [6.07, 6.45) is 1.69. The first kappa shape index (κ1) is 14.3. The van der Waals surface area contributed by atoms with Crippen LogP contribution in [0.25, 0.3) is 0 Å². The van der Waals surface area contributed by atoms with E-state index in [4.69, 9.17) is 10.5 Å². The number of nitrogens with zero attached hydrogens (tertiary/aromatic N) is 2. The molecule has 0 aliphatic heterocycles. The van der Waals surface area contributed by atoms with Crippen molar-refractivity contribution in [3.8, 4) is 0 Å². The number of hydrogen-bond acceptors (Lipinski definition) is 7. The Morgan fingerprint density at radius 1 is 1.67 bits per heavy atom. The van der Waals surface area contributed by atoms with Gasteiger partial charge in [0.25, 0.3) is 0 Å². The predicted molar refractivity (Wildman–Crippen MR) is 72.3 cm³/mol. The lowest BCUT2D eigenvalue weighted by Gasteiger charge is -2.24. The number of nitrogens with two attached hydrogens (primary N) is 1. The molecule has 5 atom stereocenters. The normalized spacial score (nSPS) is 37.0. The quantitative estimate of drug-likeness (QED) is 0.641. The zero-order valence-corrected chi connectivity index (χ0v) is 12.2. The number of carbonyl (C=O) groups excluding carboxylic acids is 1. The molecule has 114 valence electrons. The average molecular weight is 312 g/mol. The van der Waals surface area contributed by atoms with Crippen LogP contribution in [-0.4, -0.2) is 49.6 Å². The summed E-state index contributed by atoms with van der Waals surface area (Å²) in [5.41, 5.74) is 4.69. The van der Waals surface area contributed by atoms with Crippen LogP contribution < -0.4 is 5.73 Å². The lowest BCUT2D eigenvalue weighted by Crippen LogP contribution is -2.50. The molecule has 0 aromatic carbocycles. The molecular formula is C12H16N4O4S. The fraction of sp³-hybridized carbons (Fsp3) is 0.667. The van der Waals surface area contributed by atoms with Crippen LogP contribution in [0.5, 0.6) is 0 Å². The van der Waals surface area contributed by atoms with Crippen LogP contribution in [0.15, 0.2) is 11.5 Å². The van der Waals surface area contributed by atoms with Crippen LogP contribution in [0.2, 0.25) is 0 Å². The number of aliphatic carboxylic acids is 1. The van der Waals surface area contributed by atoms with Gasteiger partial charge in [-0.2, -0.15) is 5.10 Å². The number of aromatic nitrogens is 3. The summed E-state index contributed by atoms with van der Waals surface area (Å²) in [5.74, 6) is -2.30. The van der Waals surface area contributed by atoms with E-state index >= 15 is 0 Å². The third-order valence-electron chi connectivity index (χ3n) is 4.25. The van der Waals surface area contributed by atoms with E-state index in [1.807, 2.05) is 0 Å². The number of fused-ring (bicyclic) bond motifs is 1. The third kappa shape index (κ3) is 2.20. The van der Waals surface area contributed by atoms with E-state index in [0.717, 1.165) is 0 Å². The van der Waals surface area contributed by atoms with Gasteiger partial charge >= 0.3 is 11.9 Å². The van der Waals surface area contributed by atoms with E-state index in [1.165, 1.54) is 18.1 Å². The second-order valence-electron chi connectivity index (χ2n) is 5.38. The molecular weight excluding hydrogens is 296 g/mol. The van der Waals surface area contributed by atoms with Crippen molar-refractivity contribution in [2.45, 2.75) is 29.3 Å². The predicted octanol–water partition coefficient (Wildman–Crippen LogP) is -0.123. The molecule has 0 unspecified atom stereocenters. The molecule has 9 heteroatoms. The highest BCUT2D eigenvalue weighted by molar-refractivity contribution is 7.99. The maximum atomic E-state index is 12.0. The van der Waals surface area contributed by atoms with E-state index in [1.54, 1.807) is 6.92 Å². The Bertz CT molecular complexity index is 566. The summed E-state index contributed by atoms with van der Waals surface area (Å²) < 4.78 is 5.03. The molecule has 3 rings (SSSR count). The average Bonchev–Trinajstić information content (AvgIpc) is 2.85. The van der Waals surface area contributed by atoms with Crippen LogP contribution in [0.4, 0.5) is 0 Å². The fourth-order valence-corrected chi connectivity index (χ4v) is 4.71. The van der Waals surface area contributed by atoms with Gasteiger partial charge in [0.05, 0.1) is 12.5 Å². The van der Waals surface area contributed by atoms with Gasteiger partial charge in [0.2, 0.25) is 0 Å². The molecule has 0 spiro atoms. The zero-order chi connectivity index (χ0) is 15.2. The lowest BCUT2D eigenvalue weighted by molar-refractivity contribution is -0.147. The largest absolute Gasteiger partial charge is 0.480 e. The minimum atomic E-state index is -1.38. The number of ether oxygens (including phenoxy) is 1. The Kier molecular flexibility index (Phi) is 3.40. The Labute approximate surface area is 124 Å². The maximum Gasteiger partial charge on any atom is 0.324 e. The van der Waals surface area contributed by atoms with Gasteiger partial charge in [-0.05, 0) is 19.3 Å². The van der Waals surface area contributed by atoms with Crippen LogP contribution >= 0.6 is 11.8 Å². The molecule has 2 fully saturated rings. The van der Waals surface area contributed by atoms with Crippen molar-refractivity contribution in [2.75, 3.05) is 6.61 Å². The van der Waals surface area contributed by atoms with Crippen molar-refractivity contribution in [3.05, 3.63) is 6.33 Å². The Morgan fingerprint density at radius 2 is 2.43 bits per heavy atom. The molecule has 1 heterocycles. The Morgan fingerprint density at radius 3 is 3.00 bits per heavy atom. The van der Waals surface area contributed by atoms with E-state index in [0.29, 0.717) is 11.6 Å². The summed E-state index contributed by atoms with van der Waals surface area (Å²) in [7, 11) is 0. The smallest absolute Gasteiger partial charge is 0.324 e. The molecule has 2 aliphatic rings. The molecule has 2 aliphatic carbocycles. The number of H-pyrrole nitrogens is 1. The molecule has 1 aromatic rings. The number of rotatable bonds is 5. The first-order valence-electron chi connectivity index (χ1n) is 6.70. The van der Waals surface area contributed by atoms with Gasteiger partial charge in [0.1, 0.15) is 11.9 Å². The van der Waals surface area contributed by atoms with E-state index in [2.05, 4.69) is 15.2 Å². The number of carboxylic acids is 1. The van der Waals surface area contributed by atoms with Gasteiger partial charge in [0, 0.05) is 11.2 Å². The van der Waals surface area contributed by atoms with Crippen molar-refractivity contribution in [2.24, 2.45) is 23.5 Å². The molecule has 2 saturated carbocycles. The highest BCUT2D eigenvalue weighted by atomic mass is 32.2. The SMILES string of the molecule is CCOC(=O)[C@H]1[C@H]2[C@@H]1[C@](N)(C(=O)O)C[C@@H]2Sc1ncn[nH]1. The fourth-order valence-electron chi connectivity index (χ4n) is 3.35. The summed E-state index contributed by atoms with van der Waals surface area (Å²) >= 11 is 1.39. The van der Waals surface area contributed by atoms with Gasteiger partial charge in [-0.25, -0.2) is 4.98 Å². The summed E-state index contributed by atoms with van der Waals surface area (Å²) in [5, 5.41) is 16.4. The molecule has 0 radical (unpaired) electrons. The number of thioether (sulfide) groups is 1. The minimum Gasteiger partial charge on any atom is -0.480 e. The second-order valence-corrected chi connectivity index (χ2v) is 6.61. The molecule has 0 amide bonds. The number of carboxylic acid groups (broad SMARTS) is 1. The van der Waals surface area contributed by atoms with Crippen molar-refractivity contribution < 1.29 is 19.4 Å². The van der Waals surface area contributed by atoms with Crippen LogP contribution in [0.3, 0.4) is 0 Å². The molecule has 21 heavy (non-hydrogen) atoms. The van der Waals surface area contributed by atoms with Crippen LogP contribution in [0.1, 0.15) is 13.3 Å². The summed E-state index contributed by atoms with van der Waals surface area (Å²) in [6.45, 7) is 2.00. The Balaban J connectivity index is 1.80. The molecule has 1 aromatic heterocycles. The lowest BCUT2D eigenvalue weighted by atomic mass is 9.91. The number of hydrogen-bond donors (Lipinski definition) is 3. The van der Waals surface area contributed by atoms with Gasteiger partial charge in [-0.3, -0.25) is 14.7 Å². The highest BCUT2D eigenvalue weighted by Gasteiger charge is 2.74. The zero-order valence-electron chi connectivity index (χ0n) is 11.4. The standard InChI is InChI=1S/C12H16N4O4S/c1-2-20-9(17)7-6-5(21-11-14-4-15-16-11)3-12(13,8(6)7)10(18)19/h4-8H,2-3,13H2,1H3,(H,18,19)(H,14,15,16)/t5-,6-,7-,8-,12-/m0/s1. The topological polar surface area (TPSA) is 131 Å². The van der Waals surface area contributed by atoms with Crippen molar-refractivity contribution in [1.29, 1.82) is 0 Å². The van der Waals surface area contributed by atoms with Gasteiger partial charge in [-0.1, -0.05) is 11.8 Å². The van der Waals surface area contributed by atoms with Crippen molar-refractivity contribution in [1.82, 2.24) is 15.2 Å². The number of nitrogens with one attached hydrogen (secondary N) is 1. The number of carbonyl (C=O) groups is 2. The van der Waals surface area contributed by atoms with E-state index in [9.17, 15) is 14.7 Å². The highest BCUT2D eigenvalue weighted by Crippen LogP contribution is 2.65. The van der Waals surface area contributed by atoms with Crippen LogP contribution in [-0.2, 0) is 14.3 Å². The molecule has 0 bridgehead atoms. The second kappa shape index (κ2) is 4.99. The Hall–Kier alpha value is -1.61. The van der Waals surface area contributed by atoms with Gasteiger partial charge < -0.3 is 15.6 Å². The first-order chi connectivity index (χ1) is 9.99. The van der Waals surface area contributed by atoms with Gasteiger partial charge in [-0.15, -0.1) is 0 Å². The van der Waals surface area contributed by atoms with Crippen LogP contribution in [0, 0.1) is 17.8 Å². The maximum absolute atomic E-state index is 12.0. The molecule has 0 saturated heterocycles. The van der Waals surface area contributed by atoms with Gasteiger partial charge in [0.15, 0.2) is 5.16 Å². The number of esters is 1. The first-order valence-corrected chi connectivity index (χ1v) is 7.58. The molecule has 4 N–H and O–H groups in total. The molecule has 8 nitrogen and oxygen atoms in total. The van der Waals surface area contributed by atoms with E-state index in [-0.39, 0.29) is 29.7 Å². The third-order valence-corrected chi connectivity index (χ3v) is 5.45. The monoisotopic (exact) mass is 312 g/mol. The van der Waals surface area contributed by atoms with Crippen molar-refractivity contribution >= 4 is 23.7 Å². The summed E-state index contributed by atoms with van der Waals surface area (Å²) in [4.78, 5) is 27.5. The van der Waals surface area contributed by atoms with E-state index < -0.39 is 17.4 Å². The summed E-state index contributed by atoms with van der Waals surface area (Å²) in [6, 6.07) is 0. The minimum absolute atomic E-state index is 0.0831. The number of aromatic amines is 1.